The zero-order valence-corrected chi connectivity index (χ0v) is 12.3. The molecule has 0 rings (SSSR count). The zero-order chi connectivity index (χ0) is 14.2. The maximum atomic E-state index is 10.6. The van der Waals surface area contributed by atoms with E-state index in [2.05, 4.69) is 18.6 Å². The Morgan fingerprint density at radius 1 is 0.833 bits per heavy atom. The Labute approximate surface area is 111 Å². The molecule has 0 bridgehead atoms. The summed E-state index contributed by atoms with van der Waals surface area (Å²) in [5.41, 5.74) is 0. The van der Waals surface area contributed by atoms with Crippen LogP contribution in [-0.2, 0) is 19.1 Å². The van der Waals surface area contributed by atoms with Gasteiger partial charge in [0.1, 0.15) is 0 Å². The van der Waals surface area contributed by atoms with Gasteiger partial charge in [0.25, 0.3) is 0 Å². The Morgan fingerprint density at radius 3 is 1.83 bits per heavy atom. The van der Waals surface area contributed by atoms with E-state index in [-0.39, 0.29) is 11.9 Å². The minimum absolute atomic E-state index is 0.0869. The lowest BCUT2D eigenvalue weighted by Gasteiger charge is -2.00. The highest BCUT2D eigenvalue weighted by Crippen LogP contribution is 1.95. The van der Waals surface area contributed by atoms with E-state index in [0.717, 1.165) is 25.7 Å². The molecule has 0 fully saturated rings. The van der Waals surface area contributed by atoms with Gasteiger partial charge in [-0.2, -0.15) is 0 Å². The summed E-state index contributed by atoms with van der Waals surface area (Å²) in [4.78, 5) is 20.6. The minimum Gasteiger partial charge on any atom is -0.466 e. The molecule has 0 aliphatic carbocycles. The Hall–Kier alpha value is -1.06. The van der Waals surface area contributed by atoms with Crippen molar-refractivity contribution in [1.82, 2.24) is 0 Å². The summed E-state index contributed by atoms with van der Waals surface area (Å²) in [6, 6.07) is 0. The predicted octanol–water partition coefficient (Wildman–Crippen LogP) is 3.48. The van der Waals surface area contributed by atoms with Crippen molar-refractivity contribution in [3.63, 3.8) is 0 Å². The van der Waals surface area contributed by atoms with Crippen LogP contribution >= 0.6 is 0 Å². The second-order valence-corrected chi connectivity index (χ2v) is 3.97. The van der Waals surface area contributed by atoms with Crippen LogP contribution in [-0.4, -0.2) is 25.2 Å². The van der Waals surface area contributed by atoms with Gasteiger partial charge in [0, 0.05) is 13.3 Å². The van der Waals surface area contributed by atoms with Crippen molar-refractivity contribution < 1.29 is 19.1 Å². The molecule has 0 N–H and O–H groups in total. The second-order valence-electron chi connectivity index (χ2n) is 3.97. The van der Waals surface area contributed by atoms with Crippen LogP contribution in [0, 0.1) is 0 Å². The molecule has 4 nitrogen and oxygen atoms in total. The Morgan fingerprint density at radius 2 is 1.39 bits per heavy atom. The molecule has 0 radical (unpaired) electrons. The van der Waals surface area contributed by atoms with Gasteiger partial charge >= 0.3 is 11.9 Å². The SMILES string of the molecule is CCCCCOC(=O)CC.CCCCOC(C)=O. The molecular formula is C14H28O4. The first-order valence-corrected chi connectivity index (χ1v) is 6.87. The molecule has 108 valence electrons. The van der Waals surface area contributed by atoms with Gasteiger partial charge in [0.2, 0.25) is 0 Å². The third-order valence-corrected chi connectivity index (χ3v) is 2.10. The standard InChI is InChI=1S/C8H16O2.C6H12O2/c1-3-5-6-7-10-8(9)4-2;1-3-4-5-8-6(2)7/h3-7H2,1-2H3;3-5H2,1-2H3. The monoisotopic (exact) mass is 260 g/mol. The lowest BCUT2D eigenvalue weighted by Crippen LogP contribution is -2.03. The summed E-state index contributed by atoms with van der Waals surface area (Å²) in [6.45, 7) is 8.59. The number of hydrogen-bond acceptors (Lipinski definition) is 4. The van der Waals surface area contributed by atoms with Crippen molar-refractivity contribution in [2.45, 2.75) is 66.2 Å². The molecule has 0 spiro atoms. The van der Waals surface area contributed by atoms with Gasteiger partial charge in [0.15, 0.2) is 0 Å². The van der Waals surface area contributed by atoms with Crippen LogP contribution in [0.3, 0.4) is 0 Å². The van der Waals surface area contributed by atoms with Crippen LogP contribution in [0.5, 0.6) is 0 Å². The van der Waals surface area contributed by atoms with Crippen molar-refractivity contribution >= 4 is 11.9 Å². The predicted molar refractivity (Wildman–Crippen MR) is 72.3 cm³/mol. The van der Waals surface area contributed by atoms with E-state index >= 15 is 0 Å². The highest BCUT2D eigenvalue weighted by molar-refractivity contribution is 5.68. The molecule has 0 aliphatic heterocycles. The lowest BCUT2D eigenvalue weighted by molar-refractivity contribution is -0.143. The zero-order valence-electron chi connectivity index (χ0n) is 12.3. The maximum Gasteiger partial charge on any atom is 0.305 e. The molecule has 0 amide bonds. The quantitative estimate of drug-likeness (QED) is 0.495. The molecule has 0 unspecified atom stereocenters. The number of esters is 2. The molecule has 0 heterocycles. The fraction of sp³-hybridized carbons (Fsp3) is 0.857. The molecule has 0 saturated heterocycles. The highest BCUT2D eigenvalue weighted by atomic mass is 16.5. The number of unbranched alkanes of at least 4 members (excludes halogenated alkanes) is 3. The third-order valence-electron chi connectivity index (χ3n) is 2.10. The van der Waals surface area contributed by atoms with Gasteiger partial charge in [-0.1, -0.05) is 40.0 Å². The Bertz CT molecular complexity index is 202. The van der Waals surface area contributed by atoms with Crippen molar-refractivity contribution in [2.75, 3.05) is 13.2 Å². The fourth-order valence-corrected chi connectivity index (χ4v) is 1.00. The van der Waals surface area contributed by atoms with E-state index in [9.17, 15) is 9.59 Å². The first kappa shape index (κ1) is 19.3. The molecule has 0 aromatic heterocycles. The number of rotatable bonds is 8. The van der Waals surface area contributed by atoms with Crippen LogP contribution in [0.1, 0.15) is 66.2 Å². The molecule has 0 aromatic rings. The third kappa shape index (κ3) is 20.4. The van der Waals surface area contributed by atoms with Gasteiger partial charge < -0.3 is 9.47 Å². The van der Waals surface area contributed by atoms with E-state index in [0.29, 0.717) is 19.6 Å². The van der Waals surface area contributed by atoms with Crippen LogP contribution in [0.2, 0.25) is 0 Å². The van der Waals surface area contributed by atoms with E-state index in [1.54, 1.807) is 0 Å². The summed E-state index contributed by atoms with van der Waals surface area (Å²) in [5.74, 6) is -0.269. The van der Waals surface area contributed by atoms with Crippen LogP contribution in [0.4, 0.5) is 0 Å². The normalized spacial score (nSPS) is 9.11. The molecule has 18 heavy (non-hydrogen) atoms. The van der Waals surface area contributed by atoms with Gasteiger partial charge in [-0.05, 0) is 12.8 Å². The van der Waals surface area contributed by atoms with Gasteiger partial charge in [-0.25, -0.2) is 0 Å². The van der Waals surface area contributed by atoms with Crippen molar-refractivity contribution in [3.05, 3.63) is 0 Å². The first-order valence-electron chi connectivity index (χ1n) is 6.87. The van der Waals surface area contributed by atoms with Crippen LogP contribution in [0.15, 0.2) is 0 Å². The summed E-state index contributed by atoms with van der Waals surface area (Å²) >= 11 is 0. The van der Waals surface area contributed by atoms with Gasteiger partial charge in [-0.3, -0.25) is 9.59 Å². The average Bonchev–Trinajstić information content (AvgIpc) is 2.35. The molecule has 0 saturated carbocycles. The largest absolute Gasteiger partial charge is 0.466 e. The van der Waals surface area contributed by atoms with E-state index in [1.807, 2.05) is 6.92 Å². The van der Waals surface area contributed by atoms with E-state index in [1.165, 1.54) is 13.3 Å². The van der Waals surface area contributed by atoms with Crippen molar-refractivity contribution in [3.8, 4) is 0 Å². The Kier molecular flexibility index (Phi) is 17.1. The number of hydrogen-bond donors (Lipinski definition) is 0. The Balaban J connectivity index is 0. The minimum atomic E-state index is -0.182. The lowest BCUT2D eigenvalue weighted by atomic mass is 10.3. The van der Waals surface area contributed by atoms with Gasteiger partial charge in [-0.15, -0.1) is 0 Å². The molecule has 4 heteroatoms. The van der Waals surface area contributed by atoms with E-state index < -0.39 is 0 Å². The second kappa shape index (κ2) is 15.9. The maximum absolute atomic E-state index is 10.6. The van der Waals surface area contributed by atoms with Gasteiger partial charge in [0.05, 0.1) is 13.2 Å². The van der Waals surface area contributed by atoms with Crippen LogP contribution in [0.25, 0.3) is 0 Å². The highest BCUT2D eigenvalue weighted by Gasteiger charge is 1.95. The number of carbonyl (C=O) groups is 2. The summed E-state index contributed by atoms with van der Waals surface area (Å²) < 4.78 is 9.50. The molecule has 0 aromatic carbocycles. The smallest absolute Gasteiger partial charge is 0.305 e. The summed E-state index contributed by atoms with van der Waals surface area (Å²) in [5, 5.41) is 0. The topological polar surface area (TPSA) is 52.6 Å². The fourth-order valence-electron chi connectivity index (χ4n) is 1.00. The van der Waals surface area contributed by atoms with Crippen molar-refractivity contribution in [1.29, 1.82) is 0 Å². The molecule has 0 aliphatic rings. The molecule has 0 atom stereocenters. The molecular weight excluding hydrogens is 232 g/mol. The average molecular weight is 260 g/mol. The van der Waals surface area contributed by atoms with E-state index in [4.69, 9.17) is 4.74 Å². The number of carbonyl (C=O) groups excluding carboxylic acids is 2. The van der Waals surface area contributed by atoms with Crippen LogP contribution < -0.4 is 0 Å². The van der Waals surface area contributed by atoms with Crippen molar-refractivity contribution in [2.24, 2.45) is 0 Å². The number of ether oxygens (including phenoxy) is 2. The summed E-state index contributed by atoms with van der Waals surface area (Å²) in [7, 11) is 0. The first-order chi connectivity index (χ1) is 8.58. The summed E-state index contributed by atoms with van der Waals surface area (Å²) in [6.07, 6.45) is 5.86.